The van der Waals surface area contributed by atoms with E-state index in [1.54, 1.807) is 24.3 Å². The van der Waals surface area contributed by atoms with Crippen molar-refractivity contribution >= 4 is 46.0 Å². The SMILES string of the molecule is N#Cc1c(NC(=O)C(=O)NN=Cc2ccc(Cl)cc2)sc2c1CCCC2. The molecule has 1 aliphatic rings. The van der Waals surface area contributed by atoms with Crippen molar-refractivity contribution in [2.45, 2.75) is 25.7 Å². The van der Waals surface area contributed by atoms with Crippen LogP contribution >= 0.6 is 22.9 Å². The molecule has 3 rings (SSSR count). The van der Waals surface area contributed by atoms with E-state index in [1.165, 1.54) is 17.6 Å². The fourth-order valence-electron chi connectivity index (χ4n) is 2.70. The number of nitrogens with one attached hydrogen (secondary N) is 2. The van der Waals surface area contributed by atoms with E-state index < -0.39 is 11.8 Å². The summed E-state index contributed by atoms with van der Waals surface area (Å²) in [4.78, 5) is 25.1. The van der Waals surface area contributed by atoms with Gasteiger partial charge in [-0.3, -0.25) is 9.59 Å². The molecule has 0 spiro atoms. The summed E-state index contributed by atoms with van der Waals surface area (Å²) >= 11 is 7.16. The maximum absolute atomic E-state index is 12.1. The lowest BCUT2D eigenvalue weighted by Gasteiger charge is -2.09. The number of halogens is 1. The molecule has 132 valence electrons. The summed E-state index contributed by atoms with van der Waals surface area (Å²) in [6.07, 6.45) is 5.26. The Balaban J connectivity index is 1.63. The molecule has 0 atom stereocenters. The Morgan fingerprint density at radius 1 is 1.19 bits per heavy atom. The van der Waals surface area contributed by atoms with Crippen LogP contribution in [-0.4, -0.2) is 18.0 Å². The van der Waals surface area contributed by atoms with Crippen LogP contribution in [0.25, 0.3) is 0 Å². The molecule has 2 N–H and O–H groups in total. The first-order valence-electron chi connectivity index (χ1n) is 8.03. The molecular weight excluding hydrogens is 372 g/mol. The van der Waals surface area contributed by atoms with Crippen molar-refractivity contribution in [2.75, 3.05) is 5.32 Å². The number of hydrazone groups is 1. The van der Waals surface area contributed by atoms with Crippen molar-refractivity contribution in [1.82, 2.24) is 5.43 Å². The summed E-state index contributed by atoms with van der Waals surface area (Å²) in [6.45, 7) is 0. The number of amides is 2. The van der Waals surface area contributed by atoms with E-state index in [0.717, 1.165) is 41.7 Å². The standard InChI is InChI=1S/C18H15ClN4O2S/c19-12-7-5-11(6-8-12)10-21-23-17(25)16(24)22-18-14(9-20)13-3-1-2-4-15(13)26-18/h5-8,10H,1-4H2,(H,22,24)(H,23,25). The van der Waals surface area contributed by atoms with Crippen LogP contribution in [0.4, 0.5) is 5.00 Å². The highest BCUT2D eigenvalue weighted by atomic mass is 35.5. The minimum atomic E-state index is -0.898. The van der Waals surface area contributed by atoms with Gasteiger partial charge in [0, 0.05) is 9.90 Å². The van der Waals surface area contributed by atoms with Crippen LogP contribution in [0.1, 0.15) is 34.4 Å². The van der Waals surface area contributed by atoms with Gasteiger partial charge in [0.05, 0.1) is 11.8 Å². The molecule has 8 heteroatoms. The van der Waals surface area contributed by atoms with Gasteiger partial charge in [0.15, 0.2) is 0 Å². The van der Waals surface area contributed by atoms with Gasteiger partial charge in [-0.25, -0.2) is 5.43 Å². The number of benzene rings is 1. The summed E-state index contributed by atoms with van der Waals surface area (Å²) < 4.78 is 0. The highest BCUT2D eigenvalue weighted by molar-refractivity contribution is 7.16. The Labute approximate surface area is 159 Å². The second-order valence-electron chi connectivity index (χ2n) is 5.73. The Morgan fingerprint density at radius 2 is 1.92 bits per heavy atom. The van der Waals surface area contributed by atoms with E-state index in [0.29, 0.717) is 15.6 Å². The molecule has 0 saturated heterocycles. The van der Waals surface area contributed by atoms with Gasteiger partial charge >= 0.3 is 11.8 Å². The Morgan fingerprint density at radius 3 is 2.65 bits per heavy atom. The molecule has 1 heterocycles. The average molecular weight is 387 g/mol. The van der Waals surface area contributed by atoms with Crippen molar-refractivity contribution < 1.29 is 9.59 Å². The molecule has 0 saturated carbocycles. The van der Waals surface area contributed by atoms with Gasteiger partial charge in [-0.05, 0) is 48.9 Å². The van der Waals surface area contributed by atoms with Crippen LogP contribution in [0.5, 0.6) is 0 Å². The van der Waals surface area contributed by atoms with Gasteiger partial charge in [-0.1, -0.05) is 23.7 Å². The van der Waals surface area contributed by atoms with E-state index in [9.17, 15) is 14.9 Å². The van der Waals surface area contributed by atoms with E-state index in [1.807, 2.05) is 0 Å². The second kappa shape index (κ2) is 8.13. The molecule has 26 heavy (non-hydrogen) atoms. The van der Waals surface area contributed by atoms with Crippen LogP contribution < -0.4 is 10.7 Å². The van der Waals surface area contributed by atoms with Crippen molar-refractivity contribution in [2.24, 2.45) is 5.10 Å². The highest BCUT2D eigenvalue weighted by Crippen LogP contribution is 2.37. The summed E-state index contributed by atoms with van der Waals surface area (Å²) in [5.74, 6) is -1.75. The van der Waals surface area contributed by atoms with Gasteiger partial charge in [-0.2, -0.15) is 10.4 Å². The summed E-state index contributed by atoms with van der Waals surface area (Å²) in [7, 11) is 0. The Kier molecular flexibility index (Phi) is 5.66. The molecule has 0 radical (unpaired) electrons. The number of thiophene rings is 1. The van der Waals surface area contributed by atoms with Gasteiger partial charge in [0.2, 0.25) is 0 Å². The lowest BCUT2D eigenvalue weighted by molar-refractivity contribution is -0.136. The van der Waals surface area contributed by atoms with E-state index in [2.05, 4.69) is 21.9 Å². The number of rotatable bonds is 3. The Bertz CT molecular complexity index is 913. The van der Waals surface area contributed by atoms with E-state index in [-0.39, 0.29) is 0 Å². The minimum absolute atomic E-state index is 0.432. The molecule has 2 aromatic rings. The number of carbonyl (C=O) groups excluding carboxylic acids is 2. The monoisotopic (exact) mass is 386 g/mol. The van der Waals surface area contributed by atoms with Crippen LogP contribution in [0.15, 0.2) is 29.4 Å². The number of nitriles is 1. The number of nitrogens with zero attached hydrogens (tertiary/aromatic N) is 2. The topological polar surface area (TPSA) is 94.4 Å². The summed E-state index contributed by atoms with van der Waals surface area (Å²) in [5, 5.41) is 16.7. The number of fused-ring (bicyclic) bond motifs is 1. The first kappa shape index (κ1) is 18.1. The molecule has 0 fully saturated rings. The number of hydrogen-bond acceptors (Lipinski definition) is 5. The van der Waals surface area contributed by atoms with Crippen molar-refractivity contribution in [3.05, 3.63) is 50.9 Å². The predicted octanol–water partition coefficient (Wildman–Crippen LogP) is 3.24. The molecule has 6 nitrogen and oxygen atoms in total. The van der Waals surface area contributed by atoms with Gasteiger partial charge < -0.3 is 5.32 Å². The zero-order valence-electron chi connectivity index (χ0n) is 13.7. The van der Waals surface area contributed by atoms with E-state index in [4.69, 9.17) is 11.6 Å². The number of aryl methyl sites for hydroxylation is 1. The molecule has 1 aromatic heterocycles. The molecule has 0 bridgehead atoms. The van der Waals surface area contributed by atoms with Crippen LogP contribution in [0.3, 0.4) is 0 Å². The lowest BCUT2D eigenvalue weighted by atomic mass is 9.96. The maximum atomic E-state index is 12.1. The predicted molar refractivity (Wildman–Crippen MR) is 101 cm³/mol. The molecule has 2 amide bonds. The van der Waals surface area contributed by atoms with Crippen LogP contribution in [0, 0.1) is 11.3 Å². The Hall–Kier alpha value is -2.69. The van der Waals surface area contributed by atoms with Crippen molar-refractivity contribution in [3.63, 3.8) is 0 Å². The normalized spacial score (nSPS) is 13.1. The van der Waals surface area contributed by atoms with Gasteiger partial charge in [0.25, 0.3) is 0 Å². The third-order valence-electron chi connectivity index (χ3n) is 3.97. The zero-order valence-corrected chi connectivity index (χ0v) is 15.3. The summed E-state index contributed by atoms with van der Waals surface area (Å²) in [6, 6.07) is 8.99. The quantitative estimate of drug-likeness (QED) is 0.481. The first-order chi connectivity index (χ1) is 12.6. The lowest BCUT2D eigenvalue weighted by Crippen LogP contribution is -2.32. The molecule has 1 aromatic carbocycles. The molecular formula is C18H15ClN4O2S. The summed E-state index contributed by atoms with van der Waals surface area (Å²) in [5.41, 5.74) is 4.37. The number of hydrogen-bond donors (Lipinski definition) is 2. The third kappa shape index (κ3) is 4.10. The van der Waals surface area contributed by atoms with Gasteiger partial charge in [-0.15, -0.1) is 11.3 Å². The number of anilines is 1. The fourth-order valence-corrected chi connectivity index (χ4v) is 4.06. The van der Waals surface area contributed by atoms with E-state index >= 15 is 0 Å². The third-order valence-corrected chi connectivity index (χ3v) is 5.43. The number of carbonyl (C=O) groups is 2. The highest BCUT2D eigenvalue weighted by Gasteiger charge is 2.23. The maximum Gasteiger partial charge on any atom is 0.329 e. The van der Waals surface area contributed by atoms with Crippen molar-refractivity contribution in [1.29, 1.82) is 5.26 Å². The van der Waals surface area contributed by atoms with Crippen LogP contribution in [0.2, 0.25) is 5.02 Å². The smallest absolute Gasteiger partial charge is 0.308 e. The molecule has 1 aliphatic carbocycles. The van der Waals surface area contributed by atoms with Crippen molar-refractivity contribution in [3.8, 4) is 6.07 Å². The van der Waals surface area contributed by atoms with Gasteiger partial charge in [0.1, 0.15) is 11.1 Å². The first-order valence-corrected chi connectivity index (χ1v) is 9.22. The zero-order chi connectivity index (χ0) is 18.5. The molecule has 0 aliphatic heterocycles. The molecule has 0 unspecified atom stereocenters. The van der Waals surface area contributed by atoms with Crippen LogP contribution in [-0.2, 0) is 22.4 Å². The largest absolute Gasteiger partial charge is 0.329 e. The second-order valence-corrected chi connectivity index (χ2v) is 7.27. The minimum Gasteiger partial charge on any atom is -0.308 e. The fraction of sp³-hybridized carbons (Fsp3) is 0.222. The average Bonchev–Trinajstić information content (AvgIpc) is 3.00.